The maximum atomic E-state index is 12.7. The number of H-pyrrole nitrogens is 1. The summed E-state index contributed by atoms with van der Waals surface area (Å²) in [7, 11) is 0. The van der Waals surface area contributed by atoms with Crippen molar-refractivity contribution in [2.75, 3.05) is 13.1 Å². The number of amides is 2. The lowest BCUT2D eigenvalue weighted by molar-refractivity contribution is 0.0696. The average molecular weight is 352 g/mol. The zero-order valence-electron chi connectivity index (χ0n) is 14.5. The van der Waals surface area contributed by atoms with Crippen LogP contribution in [0, 0.1) is 6.92 Å². The number of nitrogens with one attached hydrogen (secondary N) is 2. The second-order valence-electron chi connectivity index (χ2n) is 6.61. The Morgan fingerprint density at radius 3 is 2.81 bits per heavy atom. The molecule has 0 spiro atoms. The molecule has 1 aromatic carbocycles. The molecule has 3 aromatic rings. The van der Waals surface area contributed by atoms with Crippen LogP contribution in [-0.4, -0.2) is 45.8 Å². The molecule has 0 aliphatic carbocycles. The molecule has 7 nitrogen and oxygen atoms in total. The summed E-state index contributed by atoms with van der Waals surface area (Å²) in [4.78, 5) is 34.0. The van der Waals surface area contributed by atoms with Gasteiger partial charge in [0.1, 0.15) is 0 Å². The first kappa shape index (κ1) is 16.4. The summed E-state index contributed by atoms with van der Waals surface area (Å²) in [6, 6.07) is 7.30. The SMILES string of the molecule is Cc1ccoc1C(=O)NC1CCN(C(=O)c2ccc3nc[nH]c3c2)CC1. The van der Waals surface area contributed by atoms with Crippen molar-refractivity contribution < 1.29 is 14.0 Å². The number of carbonyl (C=O) groups excluding carboxylic acids is 2. The molecule has 3 heterocycles. The maximum Gasteiger partial charge on any atom is 0.287 e. The van der Waals surface area contributed by atoms with Crippen molar-refractivity contribution in [3.8, 4) is 0 Å². The minimum atomic E-state index is -0.193. The Balaban J connectivity index is 1.36. The van der Waals surface area contributed by atoms with Crippen LogP contribution in [-0.2, 0) is 0 Å². The van der Waals surface area contributed by atoms with Crippen molar-refractivity contribution in [3.63, 3.8) is 0 Å². The van der Waals surface area contributed by atoms with Crippen LogP contribution in [0.1, 0.15) is 39.3 Å². The number of rotatable bonds is 3. The van der Waals surface area contributed by atoms with Crippen molar-refractivity contribution in [1.82, 2.24) is 20.2 Å². The first-order valence-electron chi connectivity index (χ1n) is 8.69. The van der Waals surface area contributed by atoms with Gasteiger partial charge in [0, 0.05) is 30.3 Å². The van der Waals surface area contributed by atoms with E-state index in [4.69, 9.17) is 4.42 Å². The van der Waals surface area contributed by atoms with Gasteiger partial charge >= 0.3 is 0 Å². The Bertz CT molecular complexity index is 951. The molecule has 1 aliphatic heterocycles. The number of hydrogen-bond donors (Lipinski definition) is 2. The molecule has 0 radical (unpaired) electrons. The fourth-order valence-electron chi connectivity index (χ4n) is 3.33. The minimum absolute atomic E-state index is 0.00755. The number of furan rings is 1. The van der Waals surface area contributed by atoms with Crippen LogP contribution in [0.5, 0.6) is 0 Å². The van der Waals surface area contributed by atoms with E-state index in [1.54, 1.807) is 18.5 Å². The standard InChI is InChI=1S/C19H20N4O3/c1-12-6-9-26-17(12)18(24)22-14-4-7-23(8-5-14)19(25)13-2-3-15-16(10-13)21-11-20-15/h2-3,6,9-11,14H,4-5,7-8H2,1H3,(H,20,21)(H,22,24). The van der Waals surface area contributed by atoms with Crippen LogP contribution in [0.4, 0.5) is 0 Å². The van der Waals surface area contributed by atoms with Gasteiger partial charge < -0.3 is 19.6 Å². The minimum Gasteiger partial charge on any atom is -0.459 e. The van der Waals surface area contributed by atoms with Crippen molar-refractivity contribution in [2.45, 2.75) is 25.8 Å². The third kappa shape index (κ3) is 3.08. The van der Waals surface area contributed by atoms with Gasteiger partial charge in [-0.2, -0.15) is 0 Å². The number of aromatic nitrogens is 2. The summed E-state index contributed by atoms with van der Waals surface area (Å²) in [5, 5.41) is 3.00. The highest BCUT2D eigenvalue weighted by atomic mass is 16.3. The summed E-state index contributed by atoms with van der Waals surface area (Å²) < 4.78 is 5.23. The van der Waals surface area contributed by atoms with Crippen LogP contribution in [0.15, 0.2) is 41.3 Å². The van der Waals surface area contributed by atoms with E-state index in [0.717, 1.165) is 29.4 Å². The zero-order valence-corrected chi connectivity index (χ0v) is 14.5. The van der Waals surface area contributed by atoms with Gasteiger partial charge in [0.05, 0.1) is 23.6 Å². The van der Waals surface area contributed by atoms with Crippen molar-refractivity contribution in [2.24, 2.45) is 0 Å². The number of carbonyl (C=O) groups is 2. The summed E-state index contributed by atoms with van der Waals surface area (Å²) in [5.74, 6) is 0.173. The lowest BCUT2D eigenvalue weighted by Crippen LogP contribution is -2.46. The Morgan fingerprint density at radius 1 is 1.27 bits per heavy atom. The number of likely N-dealkylation sites (tertiary alicyclic amines) is 1. The van der Waals surface area contributed by atoms with E-state index in [9.17, 15) is 9.59 Å². The Hall–Kier alpha value is -3.09. The van der Waals surface area contributed by atoms with Gasteiger partial charge in [-0.1, -0.05) is 0 Å². The molecule has 1 fully saturated rings. The summed E-state index contributed by atoms with van der Waals surface area (Å²) in [6.45, 7) is 3.07. The fraction of sp³-hybridized carbons (Fsp3) is 0.316. The number of aromatic amines is 1. The average Bonchev–Trinajstić information content (AvgIpc) is 3.29. The third-order valence-electron chi connectivity index (χ3n) is 4.85. The van der Waals surface area contributed by atoms with Gasteiger partial charge in [0.15, 0.2) is 5.76 Å². The van der Waals surface area contributed by atoms with E-state index in [1.807, 2.05) is 24.0 Å². The zero-order chi connectivity index (χ0) is 18.1. The van der Waals surface area contributed by atoms with E-state index in [1.165, 1.54) is 6.26 Å². The van der Waals surface area contributed by atoms with Crippen LogP contribution in [0.3, 0.4) is 0 Å². The van der Waals surface area contributed by atoms with Gasteiger partial charge in [-0.25, -0.2) is 4.98 Å². The lowest BCUT2D eigenvalue weighted by Gasteiger charge is -2.32. The molecule has 134 valence electrons. The van der Waals surface area contributed by atoms with E-state index >= 15 is 0 Å². The molecule has 7 heteroatoms. The Labute approximate surface area is 150 Å². The highest BCUT2D eigenvalue weighted by Gasteiger charge is 2.26. The number of benzene rings is 1. The second kappa shape index (κ2) is 6.67. The quantitative estimate of drug-likeness (QED) is 0.758. The topological polar surface area (TPSA) is 91.2 Å². The number of nitrogens with zero attached hydrogens (tertiary/aromatic N) is 2. The van der Waals surface area contributed by atoms with Crippen molar-refractivity contribution in [3.05, 3.63) is 53.7 Å². The molecule has 0 bridgehead atoms. The Kier molecular flexibility index (Phi) is 4.20. The molecular formula is C19H20N4O3. The molecule has 2 aromatic heterocycles. The second-order valence-corrected chi connectivity index (χ2v) is 6.61. The number of imidazole rings is 1. The first-order valence-corrected chi connectivity index (χ1v) is 8.69. The molecule has 0 atom stereocenters. The molecule has 1 aliphatic rings. The van der Waals surface area contributed by atoms with Gasteiger partial charge in [-0.15, -0.1) is 0 Å². The number of hydrogen-bond acceptors (Lipinski definition) is 4. The van der Waals surface area contributed by atoms with E-state index in [-0.39, 0.29) is 17.9 Å². The normalized spacial score (nSPS) is 15.3. The Morgan fingerprint density at radius 2 is 2.08 bits per heavy atom. The van der Waals surface area contributed by atoms with Gasteiger partial charge in [0.25, 0.3) is 11.8 Å². The molecule has 2 N–H and O–H groups in total. The summed E-state index contributed by atoms with van der Waals surface area (Å²) >= 11 is 0. The number of piperidine rings is 1. The molecular weight excluding hydrogens is 332 g/mol. The molecule has 0 unspecified atom stereocenters. The van der Waals surface area contributed by atoms with Crippen LogP contribution >= 0.6 is 0 Å². The third-order valence-corrected chi connectivity index (χ3v) is 4.85. The fourth-order valence-corrected chi connectivity index (χ4v) is 3.33. The van der Waals surface area contributed by atoms with E-state index in [0.29, 0.717) is 24.4 Å². The van der Waals surface area contributed by atoms with Crippen LogP contribution < -0.4 is 5.32 Å². The summed E-state index contributed by atoms with van der Waals surface area (Å²) in [6.07, 6.45) is 4.59. The van der Waals surface area contributed by atoms with E-state index < -0.39 is 0 Å². The maximum absolute atomic E-state index is 12.7. The lowest BCUT2D eigenvalue weighted by atomic mass is 10.0. The predicted molar refractivity (Wildman–Crippen MR) is 95.9 cm³/mol. The molecule has 26 heavy (non-hydrogen) atoms. The van der Waals surface area contributed by atoms with Gasteiger partial charge in [-0.05, 0) is 44.0 Å². The molecule has 4 rings (SSSR count). The highest BCUT2D eigenvalue weighted by molar-refractivity contribution is 5.97. The summed E-state index contributed by atoms with van der Waals surface area (Å²) in [5.41, 5.74) is 3.17. The molecule has 1 saturated heterocycles. The molecule has 2 amide bonds. The highest BCUT2D eigenvalue weighted by Crippen LogP contribution is 2.18. The molecule has 0 saturated carbocycles. The van der Waals surface area contributed by atoms with E-state index in [2.05, 4.69) is 15.3 Å². The largest absolute Gasteiger partial charge is 0.459 e. The number of fused-ring (bicyclic) bond motifs is 1. The monoisotopic (exact) mass is 352 g/mol. The smallest absolute Gasteiger partial charge is 0.287 e. The number of aryl methyl sites for hydroxylation is 1. The van der Waals surface area contributed by atoms with Gasteiger partial charge in [-0.3, -0.25) is 9.59 Å². The van der Waals surface area contributed by atoms with Crippen molar-refractivity contribution in [1.29, 1.82) is 0 Å². The van der Waals surface area contributed by atoms with Crippen molar-refractivity contribution >= 4 is 22.8 Å². The van der Waals surface area contributed by atoms with Crippen LogP contribution in [0.2, 0.25) is 0 Å². The first-order chi connectivity index (χ1) is 12.6. The van der Waals surface area contributed by atoms with Gasteiger partial charge in [0.2, 0.25) is 0 Å². The van der Waals surface area contributed by atoms with Crippen LogP contribution in [0.25, 0.3) is 11.0 Å². The predicted octanol–water partition coefficient (Wildman–Crippen LogP) is 2.50.